The van der Waals surface area contributed by atoms with Gasteiger partial charge in [-0.2, -0.15) is 0 Å². The van der Waals surface area contributed by atoms with Crippen LogP contribution in [-0.2, 0) is 14.3 Å². The van der Waals surface area contributed by atoms with E-state index in [1.807, 2.05) is 0 Å². The molecule has 0 saturated carbocycles. The minimum absolute atomic E-state index is 0.132. The second-order valence-electron chi connectivity index (χ2n) is 3.36. The number of amides is 1. The molecule has 0 aromatic rings. The predicted molar refractivity (Wildman–Crippen MR) is 60.5 cm³/mol. The van der Waals surface area contributed by atoms with Crippen LogP contribution in [0.2, 0.25) is 0 Å². The molecule has 0 aromatic carbocycles. The van der Waals surface area contributed by atoms with Gasteiger partial charge < -0.3 is 21.5 Å². The summed E-state index contributed by atoms with van der Waals surface area (Å²) in [6, 6.07) is -0.609. The van der Waals surface area contributed by atoms with Gasteiger partial charge in [0.25, 0.3) is 0 Å². The highest BCUT2D eigenvalue weighted by molar-refractivity contribution is 5.85. The average molecular weight is 231 g/mol. The third kappa shape index (κ3) is 6.36. The first kappa shape index (κ1) is 14.9. The lowest BCUT2D eigenvalue weighted by Gasteiger charge is -2.16. The molecule has 0 aliphatic heterocycles. The van der Waals surface area contributed by atoms with Gasteiger partial charge in [0.05, 0.1) is 13.2 Å². The molecular weight excluding hydrogens is 210 g/mol. The number of unbranched alkanes of at least 4 members (excludes halogenated alkanes) is 1. The molecule has 0 aliphatic rings. The van der Waals surface area contributed by atoms with Crippen molar-refractivity contribution in [2.24, 2.45) is 11.5 Å². The monoisotopic (exact) mass is 231 g/mol. The van der Waals surface area contributed by atoms with Crippen molar-refractivity contribution in [1.29, 1.82) is 0 Å². The van der Waals surface area contributed by atoms with Crippen molar-refractivity contribution in [3.63, 3.8) is 0 Å². The number of hydrogen-bond acceptors (Lipinski definition) is 5. The zero-order valence-electron chi connectivity index (χ0n) is 9.70. The maximum absolute atomic E-state index is 11.5. The quantitative estimate of drug-likeness (QED) is 0.371. The van der Waals surface area contributed by atoms with E-state index in [0.717, 1.165) is 12.8 Å². The van der Waals surface area contributed by atoms with Crippen molar-refractivity contribution in [1.82, 2.24) is 5.32 Å². The summed E-state index contributed by atoms with van der Waals surface area (Å²) < 4.78 is 4.85. The van der Waals surface area contributed by atoms with Gasteiger partial charge in [-0.25, -0.2) is 4.79 Å². The molecule has 0 saturated heterocycles. The van der Waals surface area contributed by atoms with E-state index < -0.39 is 12.0 Å². The second kappa shape index (κ2) is 9.11. The van der Waals surface area contributed by atoms with Crippen molar-refractivity contribution in [3.05, 3.63) is 0 Å². The van der Waals surface area contributed by atoms with Crippen LogP contribution in [-0.4, -0.2) is 37.6 Å². The normalized spacial score (nSPS) is 11.9. The zero-order valence-corrected chi connectivity index (χ0v) is 9.70. The molecule has 0 aromatic heterocycles. The van der Waals surface area contributed by atoms with Crippen molar-refractivity contribution in [2.45, 2.75) is 32.2 Å². The van der Waals surface area contributed by atoms with Gasteiger partial charge in [-0.05, 0) is 32.7 Å². The largest absolute Gasteiger partial charge is 0.464 e. The van der Waals surface area contributed by atoms with E-state index in [9.17, 15) is 9.59 Å². The van der Waals surface area contributed by atoms with Gasteiger partial charge in [0.15, 0.2) is 0 Å². The number of carbonyl (C=O) groups is 2. The first-order valence-corrected chi connectivity index (χ1v) is 5.51. The van der Waals surface area contributed by atoms with Gasteiger partial charge in [-0.3, -0.25) is 4.79 Å². The van der Waals surface area contributed by atoms with Gasteiger partial charge in [-0.15, -0.1) is 0 Å². The Kier molecular flexibility index (Phi) is 8.46. The summed E-state index contributed by atoms with van der Waals surface area (Å²) in [5.41, 5.74) is 10.5. The summed E-state index contributed by atoms with van der Waals surface area (Å²) in [5.74, 6) is -0.771. The van der Waals surface area contributed by atoms with Gasteiger partial charge in [0.2, 0.25) is 5.91 Å². The van der Waals surface area contributed by atoms with Crippen LogP contribution in [0.4, 0.5) is 0 Å². The fourth-order valence-corrected chi connectivity index (χ4v) is 1.24. The Morgan fingerprint density at radius 2 is 2.00 bits per heavy atom. The van der Waals surface area contributed by atoms with Crippen molar-refractivity contribution >= 4 is 11.9 Å². The van der Waals surface area contributed by atoms with Crippen LogP contribution in [0.15, 0.2) is 0 Å². The van der Waals surface area contributed by atoms with Gasteiger partial charge in [-0.1, -0.05) is 0 Å². The molecule has 5 N–H and O–H groups in total. The number of hydrogen-bond donors (Lipinski definition) is 3. The first-order chi connectivity index (χ1) is 7.65. The van der Waals surface area contributed by atoms with Crippen molar-refractivity contribution < 1.29 is 14.3 Å². The Balaban J connectivity index is 4.14. The summed E-state index contributed by atoms with van der Waals surface area (Å²) in [6.45, 7) is 2.46. The molecular formula is C10H21N3O3. The number of esters is 1. The lowest BCUT2D eigenvalue weighted by Crippen LogP contribution is -2.44. The SMILES string of the molecule is CCOC(=O)[C@H](CCCCN)NC(=O)CN. The molecule has 6 heteroatoms. The molecule has 0 radical (unpaired) electrons. The maximum Gasteiger partial charge on any atom is 0.328 e. The lowest BCUT2D eigenvalue weighted by atomic mass is 10.1. The highest BCUT2D eigenvalue weighted by atomic mass is 16.5. The molecule has 6 nitrogen and oxygen atoms in total. The molecule has 0 unspecified atom stereocenters. The zero-order chi connectivity index (χ0) is 12.4. The Hall–Kier alpha value is -1.14. The molecule has 0 bridgehead atoms. The van der Waals surface area contributed by atoms with Crippen LogP contribution in [0.25, 0.3) is 0 Å². The topological polar surface area (TPSA) is 107 Å². The third-order valence-electron chi connectivity index (χ3n) is 2.04. The van der Waals surface area contributed by atoms with Gasteiger partial charge >= 0.3 is 5.97 Å². The van der Waals surface area contributed by atoms with Crippen LogP contribution in [0.3, 0.4) is 0 Å². The highest BCUT2D eigenvalue weighted by Gasteiger charge is 2.20. The molecule has 1 atom stereocenters. The molecule has 94 valence electrons. The summed E-state index contributed by atoms with van der Waals surface area (Å²) in [6.07, 6.45) is 2.11. The standard InChI is InChI=1S/C10H21N3O3/c1-2-16-10(15)8(5-3-4-6-11)13-9(14)7-12/h8H,2-7,11-12H2,1H3,(H,13,14)/t8-/m0/s1. The van der Waals surface area contributed by atoms with E-state index in [-0.39, 0.29) is 12.5 Å². The molecule has 0 rings (SSSR count). The number of nitrogens with two attached hydrogens (primary N) is 2. The summed E-state index contributed by atoms with van der Waals surface area (Å²) in [7, 11) is 0. The Labute approximate surface area is 95.7 Å². The van der Waals surface area contributed by atoms with Crippen LogP contribution >= 0.6 is 0 Å². The van der Waals surface area contributed by atoms with Crippen LogP contribution in [0, 0.1) is 0 Å². The maximum atomic E-state index is 11.5. The smallest absolute Gasteiger partial charge is 0.328 e. The molecule has 0 heterocycles. The van der Waals surface area contributed by atoms with Crippen LogP contribution in [0.5, 0.6) is 0 Å². The van der Waals surface area contributed by atoms with E-state index in [1.165, 1.54) is 0 Å². The predicted octanol–water partition coefficient (Wildman–Crippen LogP) is -0.878. The van der Waals surface area contributed by atoms with Crippen molar-refractivity contribution in [2.75, 3.05) is 19.7 Å². The number of nitrogens with one attached hydrogen (secondary N) is 1. The first-order valence-electron chi connectivity index (χ1n) is 5.51. The summed E-state index contributed by atoms with van der Waals surface area (Å²) >= 11 is 0. The second-order valence-corrected chi connectivity index (χ2v) is 3.36. The lowest BCUT2D eigenvalue weighted by molar-refractivity contribution is -0.147. The Bertz CT molecular complexity index is 221. The number of rotatable bonds is 8. The third-order valence-corrected chi connectivity index (χ3v) is 2.04. The van der Waals surface area contributed by atoms with E-state index in [1.54, 1.807) is 6.92 Å². The molecule has 0 aliphatic carbocycles. The molecule has 16 heavy (non-hydrogen) atoms. The van der Waals surface area contributed by atoms with Gasteiger partial charge in [0.1, 0.15) is 6.04 Å². The minimum atomic E-state index is -0.609. The summed E-state index contributed by atoms with van der Waals surface area (Å²) in [4.78, 5) is 22.6. The summed E-state index contributed by atoms with van der Waals surface area (Å²) in [5, 5.41) is 2.53. The fourth-order valence-electron chi connectivity index (χ4n) is 1.24. The average Bonchev–Trinajstić information content (AvgIpc) is 2.28. The Morgan fingerprint density at radius 1 is 1.31 bits per heavy atom. The van der Waals surface area contributed by atoms with E-state index in [0.29, 0.717) is 19.6 Å². The number of carbonyl (C=O) groups excluding carboxylic acids is 2. The Morgan fingerprint density at radius 3 is 2.50 bits per heavy atom. The number of ether oxygens (including phenoxy) is 1. The fraction of sp³-hybridized carbons (Fsp3) is 0.800. The van der Waals surface area contributed by atoms with E-state index in [4.69, 9.17) is 16.2 Å². The van der Waals surface area contributed by atoms with Crippen LogP contribution < -0.4 is 16.8 Å². The molecule has 0 spiro atoms. The molecule has 1 amide bonds. The van der Waals surface area contributed by atoms with Crippen LogP contribution in [0.1, 0.15) is 26.2 Å². The molecule has 0 fully saturated rings. The van der Waals surface area contributed by atoms with E-state index in [2.05, 4.69) is 5.32 Å². The highest BCUT2D eigenvalue weighted by Crippen LogP contribution is 2.02. The van der Waals surface area contributed by atoms with Crippen molar-refractivity contribution in [3.8, 4) is 0 Å². The van der Waals surface area contributed by atoms with E-state index >= 15 is 0 Å². The minimum Gasteiger partial charge on any atom is -0.464 e. The van der Waals surface area contributed by atoms with Gasteiger partial charge in [0, 0.05) is 0 Å².